The van der Waals surface area contributed by atoms with Gasteiger partial charge in [-0.15, -0.1) is 24.8 Å². The number of primary amides is 1. The Morgan fingerprint density at radius 2 is 1.97 bits per heavy atom. The number of hydrogen-bond acceptors (Lipinski definition) is 4. The zero-order valence-corrected chi connectivity index (χ0v) is 18.7. The zero-order valence-electron chi connectivity index (χ0n) is 17.1. The van der Waals surface area contributed by atoms with E-state index in [0.29, 0.717) is 18.4 Å². The van der Waals surface area contributed by atoms with Crippen molar-refractivity contribution in [1.82, 2.24) is 14.9 Å². The molecule has 2 aliphatic rings. The first-order valence-electron chi connectivity index (χ1n) is 10.3. The average Bonchev–Trinajstić information content (AvgIpc) is 3.27. The number of aromatic amines is 1. The highest BCUT2D eigenvalue weighted by molar-refractivity contribution is 5.85. The number of likely N-dealkylation sites (tertiary alicyclic amines) is 1. The molecule has 2 fully saturated rings. The first-order valence-corrected chi connectivity index (χ1v) is 10.3. The van der Waals surface area contributed by atoms with Gasteiger partial charge in [-0.2, -0.15) is 0 Å². The minimum Gasteiger partial charge on any atom is -0.370 e. The number of carbonyl (C=O) groups excluding carboxylic acids is 1. The molecule has 6 nitrogen and oxygen atoms in total. The Balaban J connectivity index is 0.00000150. The predicted molar refractivity (Wildman–Crippen MR) is 123 cm³/mol. The van der Waals surface area contributed by atoms with E-state index in [2.05, 4.69) is 34.0 Å². The minimum absolute atomic E-state index is 0. The summed E-state index contributed by atoms with van der Waals surface area (Å²) < 4.78 is 0. The summed E-state index contributed by atoms with van der Waals surface area (Å²) in [5, 5.41) is 1.20. The number of nitrogens with two attached hydrogens (primary N) is 1. The van der Waals surface area contributed by atoms with Crippen LogP contribution in [0.1, 0.15) is 56.7 Å². The van der Waals surface area contributed by atoms with Crippen LogP contribution in [0.5, 0.6) is 0 Å². The van der Waals surface area contributed by atoms with E-state index in [1.165, 1.54) is 48.8 Å². The molecular formula is C21H33Cl2N5O. The molecule has 0 radical (unpaired) electrons. The van der Waals surface area contributed by atoms with Gasteiger partial charge in [0.2, 0.25) is 5.91 Å². The van der Waals surface area contributed by atoms with Crippen LogP contribution in [0.4, 0.5) is 5.82 Å². The third-order valence-electron chi connectivity index (χ3n) is 6.36. The maximum absolute atomic E-state index is 10.9. The lowest BCUT2D eigenvalue weighted by Crippen LogP contribution is -2.34. The number of fused-ring (bicyclic) bond motifs is 1. The summed E-state index contributed by atoms with van der Waals surface area (Å²) >= 11 is 0. The molecule has 2 aromatic rings. The third-order valence-corrected chi connectivity index (χ3v) is 6.36. The maximum atomic E-state index is 10.9. The zero-order chi connectivity index (χ0) is 18.8. The Morgan fingerprint density at radius 1 is 1.21 bits per heavy atom. The van der Waals surface area contributed by atoms with Crippen molar-refractivity contribution in [1.29, 1.82) is 0 Å². The number of H-pyrrole nitrogens is 1. The van der Waals surface area contributed by atoms with Gasteiger partial charge in [0.25, 0.3) is 0 Å². The van der Waals surface area contributed by atoms with Crippen molar-refractivity contribution in [3.63, 3.8) is 0 Å². The van der Waals surface area contributed by atoms with E-state index >= 15 is 0 Å². The molecule has 0 aliphatic carbocycles. The van der Waals surface area contributed by atoms with Crippen LogP contribution >= 0.6 is 24.8 Å². The van der Waals surface area contributed by atoms with Gasteiger partial charge in [-0.05, 0) is 64.1 Å². The van der Waals surface area contributed by atoms with E-state index in [0.717, 1.165) is 31.7 Å². The Kier molecular flexibility index (Phi) is 8.61. The molecule has 0 bridgehead atoms. The Hall–Kier alpha value is -1.50. The summed E-state index contributed by atoms with van der Waals surface area (Å²) in [6, 6.07) is 4.99. The number of pyridine rings is 1. The second-order valence-corrected chi connectivity index (χ2v) is 8.28. The quantitative estimate of drug-likeness (QED) is 0.708. The monoisotopic (exact) mass is 441 g/mol. The number of piperidine rings is 1. The molecule has 162 valence electrons. The molecule has 8 heteroatoms. The standard InChI is InChI=1S/C21H31N5O.2ClH/c1-25-9-3-5-19(25)18-12-16-14-23-21(13-17(16)24-18)26-10-7-15(8-11-26)4-2-6-20(22)27;;/h12-15,19,24H,2-11H2,1H3,(H2,22,27);2*1H/t19-;;/m1../s1. The van der Waals surface area contributed by atoms with Crippen LogP contribution in [-0.2, 0) is 4.79 Å². The fourth-order valence-electron chi connectivity index (χ4n) is 4.71. The molecule has 2 saturated heterocycles. The molecular weight excluding hydrogens is 409 g/mol. The second-order valence-electron chi connectivity index (χ2n) is 8.28. The average molecular weight is 442 g/mol. The summed E-state index contributed by atoms with van der Waals surface area (Å²) in [5.41, 5.74) is 7.75. The highest BCUT2D eigenvalue weighted by atomic mass is 35.5. The van der Waals surface area contributed by atoms with Gasteiger partial charge in [0.1, 0.15) is 5.82 Å². The lowest BCUT2D eigenvalue weighted by Gasteiger charge is -2.32. The minimum atomic E-state index is -0.181. The van der Waals surface area contributed by atoms with Gasteiger partial charge in [0.15, 0.2) is 0 Å². The van der Waals surface area contributed by atoms with Crippen LogP contribution in [0.2, 0.25) is 0 Å². The van der Waals surface area contributed by atoms with Gasteiger partial charge in [-0.25, -0.2) is 4.98 Å². The number of hydrogen-bond donors (Lipinski definition) is 2. The molecule has 2 aromatic heterocycles. The predicted octanol–water partition coefficient (Wildman–Crippen LogP) is 4.05. The number of rotatable bonds is 6. The largest absolute Gasteiger partial charge is 0.370 e. The van der Waals surface area contributed by atoms with Crippen LogP contribution in [0.15, 0.2) is 18.3 Å². The summed E-state index contributed by atoms with van der Waals surface area (Å²) in [4.78, 5) is 24.1. The van der Waals surface area contributed by atoms with Crippen molar-refractivity contribution in [3.8, 4) is 0 Å². The highest BCUT2D eigenvalue weighted by Gasteiger charge is 2.25. The molecule has 4 heterocycles. The molecule has 0 unspecified atom stereocenters. The lowest BCUT2D eigenvalue weighted by molar-refractivity contribution is -0.118. The van der Waals surface area contributed by atoms with Crippen LogP contribution in [-0.4, -0.2) is 47.5 Å². The SMILES string of the molecule is CN1CCC[C@@H]1c1cc2cnc(N3CCC(CCCC(N)=O)CC3)cc2[nH]1.Cl.Cl. The first-order chi connectivity index (χ1) is 13.1. The smallest absolute Gasteiger partial charge is 0.217 e. The van der Waals surface area contributed by atoms with E-state index in [9.17, 15) is 4.79 Å². The van der Waals surface area contributed by atoms with Gasteiger partial charge in [-0.3, -0.25) is 9.69 Å². The lowest BCUT2D eigenvalue weighted by atomic mass is 9.91. The summed E-state index contributed by atoms with van der Waals surface area (Å²) in [6.07, 6.45) is 9.40. The van der Waals surface area contributed by atoms with Crippen molar-refractivity contribution in [2.45, 2.75) is 51.0 Å². The number of halogens is 2. The fraction of sp³-hybridized carbons (Fsp3) is 0.619. The van der Waals surface area contributed by atoms with Crippen LogP contribution in [0.3, 0.4) is 0 Å². The Morgan fingerprint density at radius 3 is 2.62 bits per heavy atom. The molecule has 0 saturated carbocycles. The molecule has 0 aromatic carbocycles. The van der Waals surface area contributed by atoms with Crippen molar-refractivity contribution in [2.24, 2.45) is 11.7 Å². The number of nitrogens with one attached hydrogen (secondary N) is 1. The highest BCUT2D eigenvalue weighted by Crippen LogP contribution is 2.33. The normalized spacial score (nSPS) is 20.4. The van der Waals surface area contributed by atoms with E-state index in [4.69, 9.17) is 10.7 Å². The van der Waals surface area contributed by atoms with Crippen molar-refractivity contribution in [2.75, 3.05) is 31.6 Å². The van der Waals surface area contributed by atoms with E-state index in [-0.39, 0.29) is 30.7 Å². The molecule has 3 N–H and O–H groups in total. The van der Waals surface area contributed by atoms with E-state index in [1.54, 1.807) is 0 Å². The number of amides is 1. The number of anilines is 1. The van der Waals surface area contributed by atoms with Crippen molar-refractivity contribution < 1.29 is 4.79 Å². The van der Waals surface area contributed by atoms with Gasteiger partial charge in [-0.1, -0.05) is 0 Å². The van der Waals surface area contributed by atoms with Crippen LogP contribution in [0, 0.1) is 5.92 Å². The van der Waals surface area contributed by atoms with Gasteiger partial charge >= 0.3 is 0 Å². The topological polar surface area (TPSA) is 78.2 Å². The van der Waals surface area contributed by atoms with E-state index < -0.39 is 0 Å². The van der Waals surface area contributed by atoms with Gasteiger partial charge < -0.3 is 15.6 Å². The molecule has 29 heavy (non-hydrogen) atoms. The van der Waals surface area contributed by atoms with Gasteiger partial charge in [0, 0.05) is 48.9 Å². The Labute approximate surface area is 185 Å². The summed E-state index contributed by atoms with van der Waals surface area (Å²) in [5.74, 6) is 1.60. The number of nitrogens with zero attached hydrogens (tertiary/aromatic N) is 3. The fourth-order valence-corrected chi connectivity index (χ4v) is 4.71. The van der Waals surface area contributed by atoms with Crippen molar-refractivity contribution >= 4 is 47.4 Å². The molecule has 0 spiro atoms. The summed E-state index contributed by atoms with van der Waals surface area (Å²) in [7, 11) is 2.21. The summed E-state index contributed by atoms with van der Waals surface area (Å²) in [6.45, 7) is 3.26. The number of carbonyl (C=O) groups is 1. The number of aromatic nitrogens is 2. The molecule has 1 amide bonds. The van der Waals surface area contributed by atoms with Crippen molar-refractivity contribution in [3.05, 3.63) is 24.0 Å². The first kappa shape index (κ1) is 23.8. The maximum Gasteiger partial charge on any atom is 0.217 e. The third kappa shape index (κ3) is 5.56. The molecule has 2 aliphatic heterocycles. The molecule has 1 atom stereocenters. The van der Waals surface area contributed by atoms with Gasteiger partial charge in [0.05, 0.1) is 5.52 Å². The van der Waals surface area contributed by atoms with Crippen LogP contribution < -0.4 is 10.6 Å². The Bertz CT molecular complexity index is 803. The molecule has 4 rings (SSSR count). The van der Waals surface area contributed by atoms with E-state index in [1.807, 2.05) is 6.20 Å². The van der Waals surface area contributed by atoms with Crippen LogP contribution in [0.25, 0.3) is 10.9 Å². The second kappa shape index (κ2) is 10.5.